The molecule has 0 amide bonds. The molecule has 2 aromatic carbocycles. The van der Waals surface area contributed by atoms with E-state index in [1.165, 1.54) is 45.3 Å². The largest absolute Gasteiger partial charge is 0.451 e. The van der Waals surface area contributed by atoms with E-state index in [1.54, 1.807) is 0 Å². The highest BCUT2D eigenvalue weighted by atomic mass is 32.2. The number of benzene rings is 2. The minimum Gasteiger partial charge on any atom is -0.451 e. The lowest BCUT2D eigenvalue weighted by Crippen LogP contribution is -2.25. The van der Waals surface area contributed by atoms with Crippen LogP contribution in [0.3, 0.4) is 0 Å². The Kier molecular flexibility index (Phi) is 6.07. The van der Waals surface area contributed by atoms with Gasteiger partial charge in [0, 0.05) is 19.7 Å². The van der Waals surface area contributed by atoms with Crippen LogP contribution >= 0.6 is 0 Å². The maximum Gasteiger partial charge on any atom is 0.338 e. The first-order valence-corrected chi connectivity index (χ1v) is 9.21. The molecule has 0 spiro atoms. The van der Waals surface area contributed by atoms with E-state index in [4.69, 9.17) is 4.74 Å². The van der Waals surface area contributed by atoms with Gasteiger partial charge in [-0.3, -0.25) is 4.79 Å². The zero-order valence-corrected chi connectivity index (χ0v) is 15.6. The molecule has 9 heteroatoms. The summed E-state index contributed by atoms with van der Waals surface area (Å²) in [5.74, 6) is -3.83. The van der Waals surface area contributed by atoms with E-state index < -0.39 is 39.5 Å². The normalized spacial score (nSPS) is 12.7. The summed E-state index contributed by atoms with van der Waals surface area (Å²) in [6, 6.07) is 7.62. The molecular weight excluding hydrogens is 380 g/mol. The number of esters is 1. The Morgan fingerprint density at radius 3 is 2.04 bits per heavy atom. The number of rotatable bonds is 6. The lowest BCUT2D eigenvalue weighted by atomic mass is 10.1. The Balaban J connectivity index is 2.12. The van der Waals surface area contributed by atoms with Gasteiger partial charge >= 0.3 is 5.97 Å². The average molecular weight is 397 g/mol. The molecule has 0 fully saturated rings. The fraction of sp³-hybridized carbons (Fsp3) is 0.222. The number of ether oxygens (including phenoxy) is 1. The molecule has 0 bridgehead atoms. The molecule has 144 valence electrons. The molecule has 0 aliphatic rings. The van der Waals surface area contributed by atoms with Crippen LogP contribution in [0.4, 0.5) is 8.78 Å². The monoisotopic (exact) mass is 397 g/mol. The van der Waals surface area contributed by atoms with Gasteiger partial charge in [0.1, 0.15) is 0 Å². The summed E-state index contributed by atoms with van der Waals surface area (Å²) in [5, 5.41) is 0. The maximum atomic E-state index is 13.2. The molecule has 0 N–H and O–H groups in total. The number of hydrogen-bond donors (Lipinski definition) is 0. The summed E-state index contributed by atoms with van der Waals surface area (Å²) >= 11 is 0. The first kappa shape index (κ1) is 20.7. The van der Waals surface area contributed by atoms with Crippen molar-refractivity contribution in [3.63, 3.8) is 0 Å². The predicted molar refractivity (Wildman–Crippen MR) is 92.9 cm³/mol. The highest BCUT2D eigenvalue weighted by Crippen LogP contribution is 2.16. The van der Waals surface area contributed by atoms with Crippen LogP contribution in [0, 0.1) is 11.6 Å². The SMILES string of the molecule is C[C@@H](OC(=O)c1ccc(S(=O)(=O)N(C)C)cc1)C(=O)c1ccc(F)c(F)c1. The van der Waals surface area contributed by atoms with Crippen molar-refractivity contribution in [1.29, 1.82) is 0 Å². The van der Waals surface area contributed by atoms with Gasteiger partial charge in [-0.15, -0.1) is 0 Å². The van der Waals surface area contributed by atoms with Gasteiger partial charge in [-0.05, 0) is 49.4 Å². The second kappa shape index (κ2) is 7.93. The Morgan fingerprint density at radius 2 is 1.52 bits per heavy atom. The quantitative estimate of drug-likeness (QED) is 0.553. The summed E-state index contributed by atoms with van der Waals surface area (Å²) in [6.07, 6.45) is -1.24. The second-order valence-corrected chi connectivity index (χ2v) is 8.00. The van der Waals surface area contributed by atoms with E-state index in [0.717, 1.165) is 22.5 Å². The van der Waals surface area contributed by atoms with Crippen molar-refractivity contribution < 1.29 is 31.5 Å². The van der Waals surface area contributed by atoms with Gasteiger partial charge in [-0.1, -0.05) is 0 Å². The van der Waals surface area contributed by atoms with Gasteiger partial charge < -0.3 is 4.74 Å². The van der Waals surface area contributed by atoms with E-state index in [2.05, 4.69) is 0 Å². The standard InChI is InChI=1S/C18H17F2NO5S/c1-11(17(22)13-6-9-15(19)16(20)10-13)26-18(23)12-4-7-14(8-5-12)27(24,25)21(2)3/h4-11H,1-3H3/t11-/m1/s1. The van der Waals surface area contributed by atoms with E-state index in [1.807, 2.05) is 0 Å². The number of carbonyl (C=O) groups is 2. The van der Waals surface area contributed by atoms with Crippen molar-refractivity contribution in [2.45, 2.75) is 17.9 Å². The van der Waals surface area contributed by atoms with E-state index in [-0.39, 0.29) is 16.0 Å². The van der Waals surface area contributed by atoms with Crippen molar-refractivity contribution in [2.24, 2.45) is 0 Å². The summed E-state index contributed by atoms with van der Waals surface area (Å²) in [7, 11) is -0.882. The third-order valence-corrected chi connectivity index (χ3v) is 5.56. The molecule has 0 saturated carbocycles. The molecular formula is C18H17F2NO5S. The van der Waals surface area contributed by atoms with Gasteiger partial charge in [0.25, 0.3) is 0 Å². The smallest absolute Gasteiger partial charge is 0.338 e. The second-order valence-electron chi connectivity index (χ2n) is 5.85. The third-order valence-electron chi connectivity index (χ3n) is 3.73. The van der Waals surface area contributed by atoms with Gasteiger partial charge in [0.15, 0.2) is 17.7 Å². The zero-order valence-electron chi connectivity index (χ0n) is 14.8. The summed E-state index contributed by atoms with van der Waals surface area (Å²) in [4.78, 5) is 24.3. The summed E-state index contributed by atoms with van der Waals surface area (Å²) < 4.78 is 56.2. The van der Waals surface area contributed by atoms with Crippen LogP contribution in [-0.4, -0.2) is 44.7 Å². The molecule has 2 rings (SSSR count). The number of sulfonamides is 1. The van der Waals surface area contributed by atoms with Crippen molar-refractivity contribution in [3.8, 4) is 0 Å². The minimum absolute atomic E-state index is 0.00466. The van der Waals surface area contributed by atoms with Crippen LogP contribution in [0.25, 0.3) is 0 Å². The number of Topliss-reactive ketones (excluding diaryl/α,β-unsaturated/α-hetero) is 1. The highest BCUT2D eigenvalue weighted by Gasteiger charge is 2.22. The highest BCUT2D eigenvalue weighted by molar-refractivity contribution is 7.89. The Morgan fingerprint density at radius 1 is 0.963 bits per heavy atom. The van der Waals surface area contributed by atoms with Crippen molar-refractivity contribution >= 4 is 21.8 Å². The Labute approximate surface area is 155 Å². The number of nitrogens with zero attached hydrogens (tertiary/aromatic N) is 1. The van der Waals surface area contributed by atoms with Gasteiger partial charge in [-0.2, -0.15) is 0 Å². The van der Waals surface area contributed by atoms with Crippen LogP contribution in [0.1, 0.15) is 27.6 Å². The topological polar surface area (TPSA) is 80.8 Å². The lowest BCUT2D eigenvalue weighted by Gasteiger charge is -2.14. The van der Waals surface area contributed by atoms with Crippen LogP contribution in [0.5, 0.6) is 0 Å². The molecule has 0 heterocycles. The molecule has 0 aromatic heterocycles. The molecule has 0 aliphatic carbocycles. The molecule has 0 unspecified atom stereocenters. The zero-order chi connectivity index (χ0) is 20.4. The van der Waals surface area contributed by atoms with Crippen LogP contribution in [0.15, 0.2) is 47.4 Å². The number of halogens is 2. The minimum atomic E-state index is -3.64. The van der Waals surface area contributed by atoms with Gasteiger partial charge in [0.2, 0.25) is 15.8 Å². The molecule has 6 nitrogen and oxygen atoms in total. The third kappa shape index (κ3) is 4.55. The number of ketones is 1. The van der Waals surface area contributed by atoms with Crippen molar-refractivity contribution in [2.75, 3.05) is 14.1 Å². The van der Waals surface area contributed by atoms with Crippen LogP contribution in [0.2, 0.25) is 0 Å². The molecule has 27 heavy (non-hydrogen) atoms. The van der Waals surface area contributed by atoms with Gasteiger partial charge in [0.05, 0.1) is 10.5 Å². The van der Waals surface area contributed by atoms with Crippen molar-refractivity contribution in [3.05, 3.63) is 65.2 Å². The summed E-state index contributed by atoms with van der Waals surface area (Å²) in [5.41, 5.74) is -0.0979. The first-order valence-electron chi connectivity index (χ1n) is 7.77. The Bertz CT molecular complexity index is 972. The van der Waals surface area contributed by atoms with Crippen LogP contribution < -0.4 is 0 Å². The molecule has 1 atom stereocenters. The van der Waals surface area contributed by atoms with E-state index in [0.29, 0.717) is 0 Å². The predicted octanol–water partition coefficient (Wildman–Crippen LogP) is 2.64. The summed E-state index contributed by atoms with van der Waals surface area (Å²) in [6.45, 7) is 1.30. The molecule has 0 saturated heterocycles. The first-order chi connectivity index (χ1) is 12.5. The van der Waals surface area contributed by atoms with Gasteiger partial charge in [-0.25, -0.2) is 26.3 Å². The number of hydrogen-bond acceptors (Lipinski definition) is 5. The van der Waals surface area contributed by atoms with E-state index >= 15 is 0 Å². The lowest BCUT2D eigenvalue weighted by molar-refractivity contribution is 0.0318. The molecule has 0 aliphatic heterocycles. The number of carbonyl (C=O) groups excluding carboxylic acids is 2. The van der Waals surface area contributed by atoms with Crippen molar-refractivity contribution in [1.82, 2.24) is 4.31 Å². The average Bonchev–Trinajstić information content (AvgIpc) is 2.63. The van der Waals surface area contributed by atoms with E-state index in [9.17, 15) is 26.8 Å². The fourth-order valence-electron chi connectivity index (χ4n) is 2.14. The van der Waals surface area contributed by atoms with Crippen LogP contribution in [-0.2, 0) is 14.8 Å². The fourth-order valence-corrected chi connectivity index (χ4v) is 3.04. The maximum absolute atomic E-state index is 13.2. The molecule has 2 aromatic rings. The Hall–Kier alpha value is -2.65. The molecule has 0 radical (unpaired) electrons.